The second-order valence-electron chi connectivity index (χ2n) is 8.15. The molecule has 0 bridgehead atoms. The van der Waals surface area contributed by atoms with Crippen molar-refractivity contribution in [2.24, 2.45) is 10.9 Å². The normalized spacial score (nSPS) is 22.1. The maximum Gasteiger partial charge on any atom is 0.191 e. The molecular weight excluding hydrogens is 334 g/mol. The zero-order valence-electron chi connectivity index (χ0n) is 17.2. The Kier molecular flexibility index (Phi) is 7.96. The van der Waals surface area contributed by atoms with E-state index >= 15 is 0 Å². The third-order valence-electron chi connectivity index (χ3n) is 5.69. The van der Waals surface area contributed by atoms with Crippen LogP contribution in [0.1, 0.15) is 43.7 Å². The molecule has 2 aliphatic rings. The van der Waals surface area contributed by atoms with Crippen molar-refractivity contribution in [2.75, 3.05) is 46.3 Å². The highest BCUT2D eigenvalue weighted by Gasteiger charge is 2.19. The molecule has 150 valence electrons. The largest absolute Gasteiger partial charge is 0.357 e. The molecule has 0 spiro atoms. The van der Waals surface area contributed by atoms with Crippen LogP contribution in [0.2, 0.25) is 0 Å². The van der Waals surface area contributed by atoms with Crippen molar-refractivity contribution in [3.05, 3.63) is 35.4 Å². The Morgan fingerprint density at radius 1 is 1.04 bits per heavy atom. The van der Waals surface area contributed by atoms with Crippen molar-refractivity contribution in [3.63, 3.8) is 0 Å². The fraction of sp³-hybridized carbons (Fsp3) is 0.682. The lowest BCUT2D eigenvalue weighted by atomic mass is 10.1. The van der Waals surface area contributed by atoms with Crippen LogP contribution < -0.4 is 10.6 Å². The van der Waals surface area contributed by atoms with Gasteiger partial charge in [0.2, 0.25) is 0 Å². The van der Waals surface area contributed by atoms with E-state index in [1.807, 2.05) is 0 Å². The van der Waals surface area contributed by atoms with E-state index < -0.39 is 0 Å². The number of likely N-dealkylation sites (tertiary alicyclic amines) is 2. The first-order valence-electron chi connectivity index (χ1n) is 10.7. The molecule has 2 saturated heterocycles. The number of guanidine groups is 1. The molecule has 2 aliphatic heterocycles. The van der Waals surface area contributed by atoms with Crippen LogP contribution in [-0.4, -0.2) is 62.1 Å². The molecule has 1 unspecified atom stereocenters. The second kappa shape index (κ2) is 10.7. The molecule has 27 heavy (non-hydrogen) atoms. The Bertz CT molecular complexity index is 577. The van der Waals surface area contributed by atoms with Crippen molar-refractivity contribution < 1.29 is 0 Å². The first-order valence-corrected chi connectivity index (χ1v) is 10.7. The summed E-state index contributed by atoms with van der Waals surface area (Å²) in [4.78, 5) is 9.76. The topological polar surface area (TPSA) is 42.9 Å². The van der Waals surface area contributed by atoms with Crippen LogP contribution in [0.4, 0.5) is 0 Å². The van der Waals surface area contributed by atoms with Crippen LogP contribution in [0.15, 0.2) is 29.3 Å². The van der Waals surface area contributed by atoms with Crippen LogP contribution in [-0.2, 0) is 13.1 Å². The first-order chi connectivity index (χ1) is 13.2. The minimum atomic E-state index is 0.726. The van der Waals surface area contributed by atoms with Gasteiger partial charge in [0.1, 0.15) is 0 Å². The molecule has 5 heteroatoms. The molecule has 0 amide bonds. The third-order valence-corrected chi connectivity index (χ3v) is 5.69. The summed E-state index contributed by atoms with van der Waals surface area (Å²) < 4.78 is 0. The highest BCUT2D eigenvalue weighted by atomic mass is 15.2. The highest BCUT2D eigenvalue weighted by Crippen LogP contribution is 2.14. The summed E-state index contributed by atoms with van der Waals surface area (Å²) in [5, 5.41) is 6.90. The fourth-order valence-electron chi connectivity index (χ4n) is 4.07. The molecule has 0 radical (unpaired) electrons. The average Bonchev–Trinajstić information content (AvgIpc) is 3.11. The molecule has 0 saturated carbocycles. The summed E-state index contributed by atoms with van der Waals surface area (Å²) in [7, 11) is 2.20. The lowest BCUT2D eigenvalue weighted by Gasteiger charge is -2.26. The van der Waals surface area contributed by atoms with E-state index in [0.29, 0.717) is 0 Å². The molecule has 0 aliphatic carbocycles. The Balaban J connectivity index is 1.47. The Labute approximate surface area is 165 Å². The van der Waals surface area contributed by atoms with Crippen LogP contribution >= 0.6 is 0 Å². The number of hydrogen-bond donors (Lipinski definition) is 2. The van der Waals surface area contributed by atoms with Crippen molar-refractivity contribution in [1.29, 1.82) is 0 Å². The number of rotatable bonds is 7. The van der Waals surface area contributed by atoms with Crippen molar-refractivity contribution in [1.82, 2.24) is 20.4 Å². The van der Waals surface area contributed by atoms with Crippen LogP contribution in [0.3, 0.4) is 0 Å². The molecule has 1 aromatic rings. The van der Waals surface area contributed by atoms with E-state index in [1.54, 1.807) is 0 Å². The first kappa shape index (κ1) is 20.2. The van der Waals surface area contributed by atoms with E-state index in [-0.39, 0.29) is 0 Å². The highest BCUT2D eigenvalue weighted by molar-refractivity contribution is 5.79. The van der Waals surface area contributed by atoms with Gasteiger partial charge in [-0.05, 0) is 69.9 Å². The quantitative estimate of drug-likeness (QED) is 0.571. The van der Waals surface area contributed by atoms with Gasteiger partial charge in [-0.25, -0.2) is 4.99 Å². The molecule has 2 fully saturated rings. The van der Waals surface area contributed by atoms with Gasteiger partial charge in [0.25, 0.3) is 0 Å². The standard InChI is InChI=1S/C22H37N5/c1-3-23-22(25-16-21-11-14-26(2)17-21)24-15-19-7-9-20(10-8-19)18-27-12-5-4-6-13-27/h7-10,21H,3-6,11-18H2,1-2H3,(H2,23,24,25). The minimum absolute atomic E-state index is 0.726. The van der Waals surface area contributed by atoms with Crippen molar-refractivity contribution in [2.45, 2.75) is 45.7 Å². The van der Waals surface area contributed by atoms with Crippen LogP contribution in [0.5, 0.6) is 0 Å². The zero-order valence-corrected chi connectivity index (χ0v) is 17.2. The van der Waals surface area contributed by atoms with Crippen molar-refractivity contribution in [3.8, 4) is 0 Å². The summed E-state index contributed by atoms with van der Waals surface area (Å²) in [6.45, 7) is 10.7. The molecule has 0 aromatic heterocycles. The van der Waals surface area contributed by atoms with Gasteiger partial charge in [0.15, 0.2) is 5.96 Å². The predicted molar refractivity (Wildman–Crippen MR) is 114 cm³/mol. The summed E-state index contributed by atoms with van der Waals surface area (Å²) in [5.74, 6) is 1.66. The minimum Gasteiger partial charge on any atom is -0.357 e. The predicted octanol–water partition coefficient (Wildman–Crippen LogP) is 2.68. The molecular formula is C22H37N5. The summed E-state index contributed by atoms with van der Waals surface area (Å²) in [5.41, 5.74) is 2.69. The molecule has 2 heterocycles. The maximum absolute atomic E-state index is 4.78. The smallest absolute Gasteiger partial charge is 0.191 e. The van der Waals surface area contributed by atoms with E-state index in [2.05, 4.69) is 58.7 Å². The lowest BCUT2D eigenvalue weighted by Crippen LogP contribution is -2.40. The third kappa shape index (κ3) is 6.82. The number of aliphatic imine (C=N–C) groups is 1. The number of piperidine rings is 1. The number of nitrogens with one attached hydrogen (secondary N) is 2. The van der Waals surface area contributed by atoms with E-state index in [4.69, 9.17) is 4.99 Å². The monoisotopic (exact) mass is 371 g/mol. The summed E-state index contributed by atoms with van der Waals surface area (Å²) >= 11 is 0. The number of nitrogens with zero attached hydrogens (tertiary/aromatic N) is 3. The average molecular weight is 372 g/mol. The molecule has 3 rings (SSSR count). The molecule has 1 aromatic carbocycles. The Hall–Kier alpha value is -1.59. The van der Waals surface area contributed by atoms with Gasteiger partial charge in [0, 0.05) is 26.2 Å². The van der Waals surface area contributed by atoms with Crippen LogP contribution in [0.25, 0.3) is 0 Å². The molecule has 2 N–H and O–H groups in total. The summed E-state index contributed by atoms with van der Waals surface area (Å²) in [6.07, 6.45) is 5.38. The van der Waals surface area contributed by atoms with Gasteiger partial charge in [-0.2, -0.15) is 0 Å². The van der Waals surface area contributed by atoms with Gasteiger partial charge in [0.05, 0.1) is 6.54 Å². The molecule has 5 nitrogen and oxygen atoms in total. The van der Waals surface area contributed by atoms with Crippen molar-refractivity contribution >= 4 is 5.96 Å². The number of hydrogen-bond acceptors (Lipinski definition) is 3. The van der Waals surface area contributed by atoms with Gasteiger partial charge in [-0.1, -0.05) is 30.7 Å². The van der Waals surface area contributed by atoms with Gasteiger partial charge in [-0.15, -0.1) is 0 Å². The SMILES string of the molecule is CCNC(=NCc1ccc(CN2CCCCC2)cc1)NCC1CCN(C)C1. The van der Waals surface area contributed by atoms with Gasteiger partial charge in [-0.3, -0.25) is 4.90 Å². The van der Waals surface area contributed by atoms with Gasteiger partial charge >= 0.3 is 0 Å². The summed E-state index contributed by atoms with van der Waals surface area (Å²) in [6, 6.07) is 9.01. The number of benzene rings is 1. The fourth-order valence-corrected chi connectivity index (χ4v) is 4.07. The maximum atomic E-state index is 4.78. The Morgan fingerprint density at radius 3 is 2.44 bits per heavy atom. The van der Waals surface area contributed by atoms with E-state index in [0.717, 1.165) is 38.1 Å². The molecule has 1 atom stereocenters. The van der Waals surface area contributed by atoms with E-state index in [9.17, 15) is 0 Å². The zero-order chi connectivity index (χ0) is 18.9. The lowest BCUT2D eigenvalue weighted by molar-refractivity contribution is 0.221. The van der Waals surface area contributed by atoms with E-state index in [1.165, 1.54) is 63.0 Å². The van der Waals surface area contributed by atoms with Gasteiger partial charge < -0.3 is 15.5 Å². The Morgan fingerprint density at radius 2 is 1.78 bits per heavy atom. The second-order valence-corrected chi connectivity index (χ2v) is 8.15. The van der Waals surface area contributed by atoms with Crippen LogP contribution in [0, 0.1) is 5.92 Å².